The van der Waals surface area contributed by atoms with Crippen LogP contribution in [0, 0.1) is 11.6 Å². The number of anilines is 1. The number of hydrogen-bond donors (Lipinski definition) is 2. The molecule has 1 aromatic carbocycles. The summed E-state index contributed by atoms with van der Waals surface area (Å²) in [6.45, 7) is 6.59. The lowest BCUT2D eigenvalue weighted by Crippen LogP contribution is -2.39. The summed E-state index contributed by atoms with van der Waals surface area (Å²) in [6.07, 6.45) is 3.48. The van der Waals surface area contributed by atoms with Crippen LogP contribution in [-0.4, -0.2) is 39.6 Å². The van der Waals surface area contributed by atoms with Gasteiger partial charge in [0.15, 0.2) is 17.2 Å². The SMILES string of the molecule is COc1c(F)cc(F)cc1[C@@H](C)Nc1ccn2ncc(C3=NCC(C)(C)N3)c2n1. The number of aromatic nitrogens is 3. The van der Waals surface area contributed by atoms with Crippen LogP contribution in [0.25, 0.3) is 5.65 Å². The predicted octanol–water partition coefficient (Wildman–Crippen LogP) is 3.32. The lowest BCUT2D eigenvalue weighted by molar-refractivity contribution is 0.377. The average Bonchev–Trinajstić information content (AvgIpc) is 3.23. The number of nitrogens with one attached hydrogen (secondary N) is 2. The normalized spacial score (nSPS) is 16.4. The van der Waals surface area contributed by atoms with E-state index in [1.807, 2.05) is 0 Å². The minimum Gasteiger partial charge on any atom is -0.493 e. The number of nitrogens with zero attached hydrogens (tertiary/aromatic N) is 4. The lowest BCUT2D eigenvalue weighted by atomic mass is 10.1. The zero-order valence-electron chi connectivity index (χ0n) is 16.6. The monoisotopic (exact) mass is 400 g/mol. The molecule has 1 atom stereocenters. The molecule has 0 unspecified atom stereocenters. The van der Waals surface area contributed by atoms with Gasteiger partial charge in [-0.25, -0.2) is 18.3 Å². The number of aliphatic imine (C=N–C) groups is 1. The first-order chi connectivity index (χ1) is 13.8. The van der Waals surface area contributed by atoms with E-state index in [0.29, 0.717) is 23.6 Å². The molecule has 0 amide bonds. The maximum absolute atomic E-state index is 14.0. The molecular weight excluding hydrogens is 378 g/mol. The van der Waals surface area contributed by atoms with Gasteiger partial charge in [0, 0.05) is 17.8 Å². The van der Waals surface area contributed by atoms with Crippen LogP contribution in [0.4, 0.5) is 14.6 Å². The van der Waals surface area contributed by atoms with Crippen molar-refractivity contribution in [1.29, 1.82) is 0 Å². The maximum Gasteiger partial charge on any atom is 0.168 e. The van der Waals surface area contributed by atoms with Crippen molar-refractivity contribution in [2.75, 3.05) is 19.0 Å². The van der Waals surface area contributed by atoms with Crippen molar-refractivity contribution in [3.05, 3.63) is 53.4 Å². The number of amidine groups is 1. The third-order valence-electron chi connectivity index (χ3n) is 4.79. The molecule has 3 heterocycles. The number of fused-ring (bicyclic) bond motifs is 1. The van der Waals surface area contributed by atoms with E-state index in [1.54, 1.807) is 29.9 Å². The highest BCUT2D eigenvalue weighted by Crippen LogP contribution is 2.31. The fourth-order valence-electron chi connectivity index (χ4n) is 3.36. The summed E-state index contributed by atoms with van der Waals surface area (Å²) in [5.74, 6) is -0.121. The van der Waals surface area contributed by atoms with E-state index in [9.17, 15) is 8.78 Å². The van der Waals surface area contributed by atoms with Gasteiger partial charge in [-0.05, 0) is 32.9 Å². The molecule has 2 aromatic heterocycles. The maximum atomic E-state index is 14.0. The Hall–Kier alpha value is -3.23. The van der Waals surface area contributed by atoms with Gasteiger partial charge in [-0.2, -0.15) is 5.10 Å². The summed E-state index contributed by atoms with van der Waals surface area (Å²) < 4.78 is 34.5. The molecule has 152 valence electrons. The Morgan fingerprint density at radius 2 is 2.10 bits per heavy atom. The highest BCUT2D eigenvalue weighted by atomic mass is 19.1. The Balaban J connectivity index is 1.65. The van der Waals surface area contributed by atoms with Crippen LogP contribution in [0.3, 0.4) is 0 Å². The number of benzene rings is 1. The van der Waals surface area contributed by atoms with Crippen LogP contribution in [0.1, 0.15) is 37.9 Å². The largest absolute Gasteiger partial charge is 0.493 e. The van der Waals surface area contributed by atoms with E-state index in [0.717, 1.165) is 17.5 Å². The first-order valence-electron chi connectivity index (χ1n) is 9.24. The van der Waals surface area contributed by atoms with E-state index in [4.69, 9.17) is 4.74 Å². The van der Waals surface area contributed by atoms with Gasteiger partial charge in [-0.1, -0.05) is 0 Å². The molecule has 3 aromatic rings. The van der Waals surface area contributed by atoms with E-state index in [-0.39, 0.29) is 11.3 Å². The molecule has 1 aliphatic rings. The second-order valence-electron chi connectivity index (χ2n) is 7.69. The summed E-state index contributed by atoms with van der Waals surface area (Å²) in [6, 6.07) is 3.35. The summed E-state index contributed by atoms with van der Waals surface area (Å²) in [4.78, 5) is 9.19. The summed E-state index contributed by atoms with van der Waals surface area (Å²) in [5, 5.41) is 10.9. The van der Waals surface area contributed by atoms with Gasteiger partial charge in [0.05, 0.1) is 37.0 Å². The Morgan fingerprint density at radius 1 is 1.31 bits per heavy atom. The summed E-state index contributed by atoms with van der Waals surface area (Å²) in [7, 11) is 1.35. The van der Waals surface area contributed by atoms with Gasteiger partial charge >= 0.3 is 0 Å². The predicted molar refractivity (Wildman–Crippen MR) is 107 cm³/mol. The fraction of sp³-hybridized carbons (Fsp3) is 0.350. The van der Waals surface area contributed by atoms with Crippen molar-refractivity contribution in [3.8, 4) is 5.75 Å². The third kappa shape index (κ3) is 3.59. The van der Waals surface area contributed by atoms with Gasteiger partial charge in [0.1, 0.15) is 17.5 Å². The van der Waals surface area contributed by atoms with Gasteiger partial charge in [-0.3, -0.25) is 4.99 Å². The molecule has 0 saturated heterocycles. The molecule has 9 heteroatoms. The molecule has 0 spiro atoms. The van der Waals surface area contributed by atoms with Crippen molar-refractivity contribution in [2.24, 2.45) is 4.99 Å². The minimum absolute atomic E-state index is 0.00395. The second-order valence-corrected chi connectivity index (χ2v) is 7.69. The molecule has 0 radical (unpaired) electrons. The third-order valence-corrected chi connectivity index (χ3v) is 4.79. The van der Waals surface area contributed by atoms with Crippen molar-refractivity contribution < 1.29 is 13.5 Å². The molecule has 7 nitrogen and oxygen atoms in total. The highest BCUT2D eigenvalue weighted by Gasteiger charge is 2.27. The highest BCUT2D eigenvalue weighted by molar-refractivity contribution is 6.05. The summed E-state index contributed by atoms with van der Waals surface area (Å²) >= 11 is 0. The number of hydrogen-bond acceptors (Lipinski definition) is 6. The number of ether oxygens (including phenoxy) is 1. The van der Waals surface area contributed by atoms with Crippen molar-refractivity contribution >= 4 is 17.3 Å². The van der Waals surface area contributed by atoms with Crippen LogP contribution < -0.4 is 15.4 Å². The first-order valence-corrected chi connectivity index (χ1v) is 9.24. The molecule has 0 aliphatic carbocycles. The first kappa shape index (κ1) is 19.1. The topological polar surface area (TPSA) is 75.8 Å². The standard InChI is InChI=1S/C20H22F2N6O/c1-11(13-7-12(21)8-15(22)17(13)29-4)25-16-5-6-28-19(26-16)14(9-24-28)18-23-10-20(2,3)27-18/h5-9,11H,10H2,1-4H3,(H,23,27)(H,25,26)/t11-/m1/s1. The zero-order valence-corrected chi connectivity index (χ0v) is 16.6. The van der Waals surface area contributed by atoms with Gasteiger partial charge in [0.2, 0.25) is 0 Å². The van der Waals surface area contributed by atoms with E-state index >= 15 is 0 Å². The Labute approximate surface area is 166 Å². The fourth-order valence-corrected chi connectivity index (χ4v) is 3.36. The quantitative estimate of drug-likeness (QED) is 0.687. The van der Waals surface area contributed by atoms with Crippen LogP contribution >= 0.6 is 0 Å². The van der Waals surface area contributed by atoms with Gasteiger partial charge < -0.3 is 15.4 Å². The van der Waals surface area contributed by atoms with Crippen LogP contribution in [0.15, 0.2) is 35.6 Å². The van der Waals surface area contributed by atoms with Gasteiger partial charge in [-0.15, -0.1) is 0 Å². The van der Waals surface area contributed by atoms with E-state index in [2.05, 4.69) is 39.6 Å². The van der Waals surface area contributed by atoms with E-state index in [1.165, 1.54) is 13.2 Å². The molecule has 0 fully saturated rings. The summed E-state index contributed by atoms with van der Waals surface area (Å²) in [5.41, 5.74) is 1.67. The minimum atomic E-state index is -0.745. The molecule has 29 heavy (non-hydrogen) atoms. The zero-order chi connectivity index (χ0) is 20.8. The number of halogens is 2. The Kier molecular flexibility index (Phi) is 4.60. The molecule has 1 aliphatic heterocycles. The Bertz CT molecular complexity index is 1110. The number of rotatable bonds is 5. The molecular formula is C20H22F2N6O. The van der Waals surface area contributed by atoms with Gasteiger partial charge in [0.25, 0.3) is 0 Å². The second kappa shape index (κ2) is 6.98. The van der Waals surface area contributed by atoms with Crippen LogP contribution in [-0.2, 0) is 0 Å². The smallest absolute Gasteiger partial charge is 0.168 e. The molecule has 2 N–H and O–H groups in total. The molecule has 0 bridgehead atoms. The van der Waals surface area contributed by atoms with Crippen LogP contribution in [0.2, 0.25) is 0 Å². The van der Waals surface area contributed by atoms with Crippen molar-refractivity contribution in [3.63, 3.8) is 0 Å². The molecule has 0 saturated carbocycles. The van der Waals surface area contributed by atoms with Crippen molar-refractivity contribution in [1.82, 2.24) is 19.9 Å². The van der Waals surface area contributed by atoms with E-state index < -0.39 is 17.7 Å². The lowest BCUT2D eigenvalue weighted by Gasteiger charge is -2.19. The average molecular weight is 400 g/mol. The van der Waals surface area contributed by atoms with Crippen LogP contribution in [0.5, 0.6) is 5.75 Å². The number of methoxy groups -OCH3 is 1. The molecule has 4 rings (SSSR count). The van der Waals surface area contributed by atoms with Crippen molar-refractivity contribution in [2.45, 2.75) is 32.4 Å². The Morgan fingerprint density at radius 3 is 2.79 bits per heavy atom.